The lowest BCUT2D eigenvalue weighted by Gasteiger charge is -2.50. The summed E-state index contributed by atoms with van der Waals surface area (Å²) in [6.45, 7) is 11.3. The lowest BCUT2D eigenvalue weighted by molar-refractivity contribution is -0.326. The normalized spacial score (nSPS) is 35.1. The minimum absolute atomic E-state index is 0.0963. The summed E-state index contributed by atoms with van der Waals surface area (Å²) in [5.74, 6) is -0.545. The molecule has 0 bridgehead atoms. The van der Waals surface area contributed by atoms with Crippen molar-refractivity contribution in [1.82, 2.24) is 0 Å². The van der Waals surface area contributed by atoms with E-state index in [2.05, 4.69) is 6.58 Å². The Morgan fingerprint density at radius 3 is 2.64 bits per heavy atom. The van der Waals surface area contributed by atoms with Crippen molar-refractivity contribution < 1.29 is 28.5 Å². The fourth-order valence-electron chi connectivity index (χ4n) is 2.89. The van der Waals surface area contributed by atoms with Crippen LogP contribution in [0.3, 0.4) is 0 Å². The van der Waals surface area contributed by atoms with Gasteiger partial charge in [-0.05, 0) is 13.3 Å². The first-order valence-corrected chi connectivity index (χ1v) is 7.58. The zero-order valence-electron chi connectivity index (χ0n) is 14.2. The van der Waals surface area contributed by atoms with Crippen LogP contribution < -0.4 is 0 Å². The fourth-order valence-corrected chi connectivity index (χ4v) is 2.89. The van der Waals surface area contributed by atoms with E-state index in [1.165, 1.54) is 6.92 Å². The first kappa shape index (κ1) is 19.1. The van der Waals surface area contributed by atoms with Crippen molar-refractivity contribution in [2.75, 3.05) is 20.5 Å². The Bertz CT molecular complexity index is 372. The van der Waals surface area contributed by atoms with Crippen LogP contribution in [0, 0.1) is 5.92 Å². The molecule has 1 fully saturated rings. The van der Waals surface area contributed by atoms with Gasteiger partial charge in [0.2, 0.25) is 0 Å². The van der Waals surface area contributed by atoms with E-state index in [9.17, 15) is 4.79 Å². The van der Waals surface area contributed by atoms with Gasteiger partial charge in [-0.2, -0.15) is 0 Å². The summed E-state index contributed by atoms with van der Waals surface area (Å²) in [6.07, 6.45) is 1.10. The standard InChI is InChI=1S/C16H28O6/c1-7-9-19-15-11(3)14(21-12(4)17)16(5,20-10-18-6)13(8-2)22-15/h7,11,13-15H,1,8-10H2,2-6H3/t11-,13-,14-,15+,16-/m1/s1. The largest absolute Gasteiger partial charge is 0.459 e. The highest BCUT2D eigenvalue weighted by atomic mass is 16.7. The molecular formula is C16H28O6. The smallest absolute Gasteiger partial charge is 0.303 e. The van der Waals surface area contributed by atoms with E-state index in [0.29, 0.717) is 13.0 Å². The molecule has 0 aromatic rings. The molecule has 1 heterocycles. The van der Waals surface area contributed by atoms with E-state index < -0.39 is 18.0 Å². The van der Waals surface area contributed by atoms with Crippen molar-refractivity contribution in [2.45, 2.75) is 58.2 Å². The van der Waals surface area contributed by atoms with E-state index in [-0.39, 0.29) is 24.8 Å². The molecule has 22 heavy (non-hydrogen) atoms. The van der Waals surface area contributed by atoms with Gasteiger partial charge in [-0.25, -0.2) is 0 Å². The van der Waals surface area contributed by atoms with E-state index >= 15 is 0 Å². The molecule has 1 aliphatic rings. The summed E-state index contributed by atoms with van der Waals surface area (Å²) in [4.78, 5) is 11.5. The van der Waals surface area contributed by atoms with E-state index in [1.807, 2.05) is 20.8 Å². The molecule has 0 unspecified atom stereocenters. The number of ether oxygens (including phenoxy) is 5. The molecule has 0 amide bonds. The predicted molar refractivity (Wildman–Crippen MR) is 81.2 cm³/mol. The van der Waals surface area contributed by atoms with Gasteiger partial charge in [0.25, 0.3) is 0 Å². The Hall–Kier alpha value is -0.950. The summed E-state index contributed by atoms with van der Waals surface area (Å²) >= 11 is 0. The van der Waals surface area contributed by atoms with Gasteiger partial charge < -0.3 is 23.7 Å². The maximum Gasteiger partial charge on any atom is 0.303 e. The van der Waals surface area contributed by atoms with Gasteiger partial charge in [-0.3, -0.25) is 4.79 Å². The molecule has 0 aromatic heterocycles. The molecule has 1 saturated heterocycles. The van der Waals surface area contributed by atoms with Crippen LogP contribution in [0.4, 0.5) is 0 Å². The summed E-state index contributed by atoms with van der Waals surface area (Å²) < 4.78 is 28.1. The molecule has 0 aliphatic carbocycles. The highest BCUT2D eigenvalue weighted by molar-refractivity contribution is 5.66. The third kappa shape index (κ3) is 4.29. The molecule has 6 heteroatoms. The fraction of sp³-hybridized carbons (Fsp3) is 0.812. The van der Waals surface area contributed by atoms with Gasteiger partial charge in [-0.1, -0.05) is 19.9 Å². The zero-order valence-corrected chi connectivity index (χ0v) is 14.2. The molecule has 0 spiro atoms. The van der Waals surface area contributed by atoms with Gasteiger partial charge in [0.05, 0.1) is 12.7 Å². The third-order valence-electron chi connectivity index (χ3n) is 3.94. The SMILES string of the molecule is C=CCO[C@H]1O[C@H](CC)[C@@](C)(OCOC)[C@H](OC(C)=O)[C@H]1C. The van der Waals surface area contributed by atoms with Crippen LogP contribution in [-0.2, 0) is 28.5 Å². The van der Waals surface area contributed by atoms with Crippen LogP contribution in [0.25, 0.3) is 0 Å². The topological polar surface area (TPSA) is 63.2 Å². The number of carbonyl (C=O) groups is 1. The van der Waals surface area contributed by atoms with Crippen molar-refractivity contribution >= 4 is 5.97 Å². The summed E-state index contributed by atoms with van der Waals surface area (Å²) in [5.41, 5.74) is -0.802. The van der Waals surface area contributed by atoms with Crippen molar-refractivity contribution in [2.24, 2.45) is 5.92 Å². The lowest BCUT2D eigenvalue weighted by Crippen LogP contribution is -2.64. The number of carbonyl (C=O) groups excluding carboxylic acids is 1. The maximum atomic E-state index is 11.5. The number of methoxy groups -OCH3 is 1. The number of hydrogen-bond donors (Lipinski definition) is 0. The van der Waals surface area contributed by atoms with E-state index in [1.54, 1.807) is 13.2 Å². The zero-order chi connectivity index (χ0) is 16.8. The lowest BCUT2D eigenvalue weighted by atomic mass is 9.80. The Labute approximate surface area is 132 Å². The highest BCUT2D eigenvalue weighted by Crippen LogP contribution is 2.39. The van der Waals surface area contributed by atoms with E-state index in [4.69, 9.17) is 23.7 Å². The number of rotatable bonds is 8. The van der Waals surface area contributed by atoms with Gasteiger partial charge in [0.15, 0.2) is 6.29 Å². The molecule has 1 rings (SSSR count). The Morgan fingerprint density at radius 2 is 2.14 bits per heavy atom. The molecule has 1 aliphatic heterocycles. The Kier molecular flexibility index (Phi) is 7.48. The average Bonchev–Trinajstić information content (AvgIpc) is 2.48. The van der Waals surface area contributed by atoms with Gasteiger partial charge in [0.1, 0.15) is 18.5 Å². The number of hydrogen-bond acceptors (Lipinski definition) is 6. The first-order chi connectivity index (χ1) is 10.4. The van der Waals surface area contributed by atoms with Gasteiger partial charge >= 0.3 is 5.97 Å². The predicted octanol–water partition coefficient (Wildman–Crippen LogP) is 2.27. The minimum Gasteiger partial charge on any atom is -0.459 e. The average molecular weight is 316 g/mol. The summed E-state index contributed by atoms with van der Waals surface area (Å²) in [5, 5.41) is 0. The second kappa shape index (κ2) is 8.62. The van der Waals surface area contributed by atoms with Crippen molar-refractivity contribution in [3.8, 4) is 0 Å². The monoisotopic (exact) mass is 316 g/mol. The number of esters is 1. The summed E-state index contributed by atoms with van der Waals surface area (Å²) in [7, 11) is 1.55. The molecule has 0 N–H and O–H groups in total. The van der Waals surface area contributed by atoms with E-state index in [0.717, 1.165) is 0 Å². The van der Waals surface area contributed by atoms with Gasteiger partial charge in [0, 0.05) is 20.0 Å². The van der Waals surface area contributed by atoms with Crippen LogP contribution in [-0.4, -0.2) is 50.6 Å². The van der Waals surface area contributed by atoms with Crippen LogP contribution >= 0.6 is 0 Å². The second-order valence-corrected chi connectivity index (χ2v) is 5.65. The van der Waals surface area contributed by atoms with Crippen LogP contribution in [0.5, 0.6) is 0 Å². The molecule has 0 radical (unpaired) electrons. The highest BCUT2D eigenvalue weighted by Gasteiger charge is 2.54. The van der Waals surface area contributed by atoms with Crippen LogP contribution in [0.1, 0.15) is 34.1 Å². The molecule has 0 saturated carbocycles. The molecule has 0 aromatic carbocycles. The minimum atomic E-state index is -0.802. The molecule has 5 atom stereocenters. The van der Waals surface area contributed by atoms with Crippen molar-refractivity contribution in [3.05, 3.63) is 12.7 Å². The molecular weight excluding hydrogens is 288 g/mol. The first-order valence-electron chi connectivity index (χ1n) is 7.58. The third-order valence-corrected chi connectivity index (χ3v) is 3.94. The van der Waals surface area contributed by atoms with Crippen LogP contribution in [0.15, 0.2) is 12.7 Å². The summed E-state index contributed by atoms with van der Waals surface area (Å²) in [6, 6.07) is 0. The maximum absolute atomic E-state index is 11.5. The van der Waals surface area contributed by atoms with Gasteiger partial charge in [-0.15, -0.1) is 6.58 Å². The second-order valence-electron chi connectivity index (χ2n) is 5.65. The molecule has 128 valence electrons. The van der Waals surface area contributed by atoms with Crippen molar-refractivity contribution in [1.29, 1.82) is 0 Å². The Morgan fingerprint density at radius 1 is 1.45 bits per heavy atom. The van der Waals surface area contributed by atoms with Crippen molar-refractivity contribution in [3.63, 3.8) is 0 Å². The Balaban J connectivity index is 3.04. The molecule has 6 nitrogen and oxygen atoms in total. The van der Waals surface area contributed by atoms with Crippen LogP contribution in [0.2, 0.25) is 0 Å². The quantitative estimate of drug-likeness (QED) is 0.389.